The van der Waals surface area contributed by atoms with Crippen LogP contribution in [0.25, 0.3) is 10.9 Å². The standard InChI is InChI=1S/C10H8FNO2/c1-5-2-7(11)9-6(10(13)14)4-12-8(9)3-5/h2-4,12H,1H3,(H,13,14). The van der Waals surface area contributed by atoms with Crippen molar-refractivity contribution in [2.45, 2.75) is 6.92 Å². The predicted molar refractivity (Wildman–Crippen MR) is 50.0 cm³/mol. The number of fused-ring (bicyclic) bond motifs is 1. The monoisotopic (exact) mass is 193 g/mol. The summed E-state index contributed by atoms with van der Waals surface area (Å²) in [5.74, 6) is -1.63. The lowest BCUT2D eigenvalue weighted by atomic mass is 10.1. The first kappa shape index (κ1) is 8.74. The van der Waals surface area contributed by atoms with Gasteiger partial charge in [-0.1, -0.05) is 0 Å². The van der Waals surface area contributed by atoms with Crippen molar-refractivity contribution in [1.82, 2.24) is 4.98 Å². The van der Waals surface area contributed by atoms with Gasteiger partial charge in [0, 0.05) is 17.1 Å². The SMILES string of the molecule is Cc1cc(F)c2c(C(=O)O)c[nH]c2c1. The van der Waals surface area contributed by atoms with Crippen LogP contribution in [0.4, 0.5) is 4.39 Å². The van der Waals surface area contributed by atoms with Crippen molar-refractivity contribution in [3.63, 3.8) is 0 Å². The average Bonchev–Trinajstić information content (AvgIpc) is 2.47. The first-order chi connectivity index (χ1) is 6.59. The molecule has 2 N–H and O–H groups in total. The van der Waals surface area contributed by atoms with Crippen molar-refractivity contribution in [2.75, 3.05) is 0 Å². The van der Waals surface area contributed by atoms with Gasteiger partial charge in [-0.2, -0.15) is 0 Å². The fourth-order valence-electron chi connectivity index (χ4n) is 1.52. The lowest BCUT2D eigenvalue weighted by molar-refractivity contribution is 0.0699. The molecule has 0 radical (unpaired) electrons. The molecule has 1 heterocycles. The molecular weight excluding hydrogens is 185 g/mol. The van der Waals surface area contributed by atoms with Crippen LogP contribution >= 0.6 is 0 Å². The zero-order valence-electron chi connectivity index (χ0n) is 7.47. The molecule has 0 bridgehead atoms. The summed E-state index contributed by atoms with van der Waals surface area (Å²) in [6.45, 7) is 1.75. The van der Waals surface area contributed by atoms with Gasteiger partial charge in [0.25, 0.3) is 0 Å². The number of hydrogen-bond donors (Lipinski definition) is 2. The molecular formula is C10H8FNO2. The van der Waals surface area contributed by atoms with E-state index in [4.69, 9.17) is 5.11 Å². The number of aromatic nitrogens is 1. The molecule has 0 saturated carbocycles. The summed E-state index contributed by atoms with van der Waals surface area (Å²) in [4.78, 5) is 13.5. The van der Waals surface area contributed by atoms with Gasteiger partial charge in [-0.05, 0) is 24.6 Å². The van der Waals surface area contributed by atoms with E-state index >= 15 is 0 Å². The van der Waals surface area contributed by atoms with Crippen LogP contribution in [0.3, 0.4) is 0 Å². The Bertz CT molecular complexity index is 516. The van der Waals surface area contributed by atoms with E-state index < -0.39 is 11.8 Å². The Labute approximate surface area is 79.2 Å². The van der Waals surface area contributed by atoms with E-state index in [0.29, 0.717) is 5.52 Å². The summed E-state index contributed by atoms with van der Waals surface area (Å²) < 4.78 is 13.4. The Morgan fingerprint density at radius 2 is 2.21 bits per heavy atom. The number of aromatic carboxylic acids is 1. The van der Waals surface area contributed by atoms with Crippen LogP contribution < -0.4 is 0 Å². The Hall–Kier alpha value is -1.84. The number of hydrogen-bond acceptors (Lipinski definition) is 1. The number of nitrogens with one attached hydrogen (secondary N) is 1. The van der Waals surface area contributed by atoms with Gasteiger partial charge >= 0.3 is 5.97 Å². The highest BCUT2D eigenvalue weighted by Crippen LogP contribution is 2.23. The predicted octanol–water partition coefficient (Wildman–Crippen LogP) is 2.31. The minimum atomic E-state index is -1.13. The number of halogens is 1. The number of carbonyl (C=O) groups is 1. The summed E-state index contributed by atoms with van der Waals surface area (Å²) in [5.41, 5.74) is 1.24. The van der Waals surface area contributed by atoms with E-state index in [1.54, 1.807) is 13.0 Å². The number of rotatable bonds is 1. The van der Waals surface area contributed by atoms with Crippen LogP contribution in [0.5, 0.6) is 0 Å². The summed E-state index contributed by atoms with van der Waals surface area (Å²) in [5, 5.41) is 8.92. The van der Waals surface area contributed by atoms with E-state index in [1.165, 1.54) is 12.3 Å². The molecule has 0 amide bonds. The molecule has 1 aromatic carbocycles. The number of aromatic amines is 1. The summed E-state index contributed by atoms with van der Waals surface area (Å²) in [6, 6.07) is 3.04. The van der Waals surface area contributed by atoms with Crippen molar-refractivity contribution in [1.29, 1.82) is 0 Å². The largest absolute Gasteiger partial charge is 0.478 e. The molecule has 0 fully saturated rings. The second-order valence-electron chi connectivity index (χ2n) is 3.18. The highest BCUT2D eigenvalue weighted by Gasteiger charge is 2.14. The molecule has 0 aliphatic carbocycles. The number of carboxylic acids is 1. The van der Waals surface area contributed by atoms with Gasteiger partial charge in [0.2, 0.25) is 0 Å². The fraction of sp³-hybridized carbons (Fsp3) is 0.100. The van der Waals surface area contributed by atoms with Crippen molar-refractivity contribution in [3.05, 3.63) is 35.3 Å². The quantitative estimate of drug-likeness (QED) is 0.730. The third-order valence-corrected chi connectivity index (χ3v) is 2.11. The molecule has 72 valence electrons. The van der Waals surface area contributed by atoms with Crippen LogP contribution in [0.2, 0.25) is 0 Å². The summed E-state index contributed by atoms with van der Waals surface area (Å²) in [7, 11) is 0. The van der Waals surface area contributed by atoms with E-state index in [9.17, 15) is 9.18 Å². The van der Waals surface area contributed by atoms with E-state index in [1.807, 2.05) is 0 Å². The van der Waals surface area contributed by atoms with Crippen LogP contribution in [-0.2, 0) is 0 Å². The van der Waals surface area contributed by atoms with Crippen molar-refractivity contribution >= 4 is 16.9 Å². The fourth-order valence-corrected chi connectivity index (χ4v) is 1.52. The minimum Gasteiger partial charge on any atom is -0.478 e. The second kappa shape index (κ2) is 2.83. The maximum absolute atomic E-state index is 13.4. The van der Waals surface area contributed by atoms with Crippen molar-refractivity contribution in [2.24, 2.45) is 0 Å². The van der Waals surface area contributed by atoms with Gasteiger partial charge in [-0.25, -0.2) is 9.18 Å². The zero-order valence-corrected chi connectivity index (χ0v) is 7.47. The molecule has 14 heavy (non-hydrogen) atoms. The Kier molecular flexibility index (Phi) is 1.77. The molecule has 0 aliphatic rings. The van der Waals surface area contributed by atoms with E-state index in [2.05, 4.69) is 4.98 Å². The number of aryl methyl sites for hydroxylation is 1. The van der Waals surface area contributed by atoms with Gasteiger partial charge in [-0.3, -0.25) is 0 Å². The third-order valence-electron chi connectivity index (χ3n) is 2.11. The molecule has 2 rings (SSSR count). The van der Waals surface area contributed by atoms with Gasteiger partial charge in [0.05, 0.1) is 5.56 Å². The van der Waals surface area contributed by atoms with Crippen molar-refractivity contribution in [3.8, 4) is 0 Å². The lowest BCUT2D eigenvalue weighted by Crippen LogP contribution is -1.95. The second-order valence-corrected chi connectivity index (χ2v) is 3.18. The van der Waals surface area contributed by atoms with Gasteiger partial charge in [-0.15, -0.1) is 0 Å². The van der Waals surface area contributed by atoms with E-state index in [-0.39, 0.29) is 10.9 Å². The van der Waals surface area contributed by atoms with Gasteiger partial charge in [0.15, 0.2) is 0 Å². The Balaban J connectivity index is 2.85. The van der Waals surface area contributed by atoms with E-state index in [0.717, 1.165) is 5.56 Å². The topological polar surface area (TPSA) is 53.1 Å². The number of benzene rings is 1. The Morgan fingerprint density at radius 1 is 1.50 bits per heavy atom. The number of H-pyrrole nitrogens is 1. The highest BCUT2D eigenvalue weighted by molar-refractivity contribution is 6.03. The molecule has 0 unspecified atom stereocenters. The molecule has 0 spiro atoms. The average molecular weight is 193 g/mol. The lowest BCUT2D eigenvalue weighted by Gasteiger charge is -1.97. The molecule has 2 aromatic rings. The molecule has 0 saturated heterocycles. The number of carboxylic acid groups (broad SMARTS) is 1. The van der Waals surface area contributed by atoms with Crippen LogP contribution in [-0.4, -0.2) is 16.1 Å². The minimum absolute atomic E-state index is 0.0301. The smallest absolute Gasteiger partial charge is 0.337 e. The molecule has 0 aliphatic heterocycles. The van der Waals surface area contributed by atoms with Gasteiger partial charge in [0.1, 0.15) is 5.82 Å². The third kappa shape index (κ3) is 1.16. The maximum Gasteiger partial charge on any atom is 0.337 e. The molecule has 0 atom stereocenters. The van der Waals surface area contributed by atoms with Gasteiger partial charge < -0.3 is 10.1 Å². The van der Waals surface area contributed by atoms with Crippen LogP contribution in [0, 0.1) is 12.7 Å². The van der Waals surface area contributed by atoms with Crippen molar-refractivity contribution < 1.29 is 14.3 Å². The zero-order chi connectivity index (χ0) is 10.3. The normalized spacial score (nSPS) is 10.7. The Morgan fingerprint density at radius 3 is 2.86 bits per heavy atom. The van der Waals surface area contributed by atoms with Crippen LogP contribution in [0.1, 0.15) is 15.9 Å². The maximum atomic E-state index is 13.4. The first-order valence-corrected chi connectivity index (χ1v) is 4.10. The molecule has 3 nitrogen and oxygen atoms in total. The summed E-state index contributed by atoms with van der Waals surface area (Å²) >= 11 is 0. The first-order valence-electron chi connectivity index (χ1n) is 4.10. The molecule has 1 aromatic heterocycles. The molecule has 4 heteroatoms. The highest BCUT2D eigenvalue weighted by atomic mass is 19.1. The van der Waals surface area contributed by atoms with Crippen LogP contribution in [0.15, 0.2) is 18.3 Å². The summed E-state index contributed by atoms with van der Waals surface area (Å²) in [6.07, 6.45) is 1.30.